The van der Waals surface area contributed by atoms with Crippen LogP contribution in [0.3, 0.4) is 0 Å². The molecule has 1 unspecified atom stereocenters. The zero-order chi connectivity index (χ0) is 12.3. The van der Waals surface area contributed by atoms with Crippen molar-refractivity contribution in [3.05, 3.63) is 17.0 Å². The summed E-state index contributed by atoms with van der Waals surface area (Å²) in [7, 11) is 0. The van der Waals surface area contributed by atoms with Crippen molar-refractivity contribution in [3.63, 3.8) is 0 Å². The average Bonchev–Trinajstić information content (AvgIpc) is 2.88. The Morgan fingerprint density at radius 1 is 1.47 bits per heavy atom. The SMILES string of the molecule is CCNCC1CCN(Cc2c(C)noc2C)C1. The first-order valence-electron chi connectivity index (χ1n) is 6.55. The minimum absolute atomic E-state index is 0.801. The summed E-state index contributed by atoms with van der Waals surface area (Å²) in [6.07, 6.45) is 1.30. The van der Waals surface area contributed by atoms with Crippen LogP contribution in [0.5, 0.6) is 0 Å². The quantitative estimate of drug-likeness (QED) is 0.846. The van der Waals surface area contributed by atoms with Gasteiger partial charge in [-0.1, -0.05) is 12.1 Å². The van der Waals surface area contributed by atoms with E-state index >= 15 is 0 Å². The van der Waals surface area contributed by atoms with E-state index in [0.717, 1.165) is 37.0 Å². The first-order valence-corrected chi connectivity index (χ1v) is 6.55. The number of rotatable bonds is 5. The molecule has 2 rings (SSSR count). The normalized spacial score (nSPS) is 21.2. The Hall–Kier alpha value is -0.870. The number of nitrogens with zero attached hydrogens (tertiary/aromatic N) is 2. The Balaban J connectivity index is 1.85. The van der Waals surface area contributed by atoms with E-state index in [1.165, 1.54) is 25.1 Å². The minimum Gasteiger partial charge on any atom is -0.361 e. The maximum atomic E-state index is 5.21. The molecule has 1 aliphatic heterocycles. The fraction of sp³-hybridized carbons (Fsp3) is 0.769. The van der Waals surface area contributed by atoms with Crippen LogP contribution in [0.25, 0.3) is 0 Å². The van der Waals surface area contributed by atoms with Gasteiger partial charge in [0.2, 0.25) is 0 Å². The predicted molar refractivity (Wildman–Crippen MR) is 67.9 cm³/mol. The Morgan fingerprint density at radius 2 is 2.29 bits per heavy atom. The molecule has 1 aliphatic rings. The van der Waals surface area contributed by atoms with Crippen molar-refractivity contribution < 1.29 is 4.52 Å². The first kappa shape index (κ1) is 12.6. The van der Waals surface area contributed by atoms with Crippen molar-refractivity contribution >= 4 is 0 Å². The van der Waals surface area contributed by atoms with Gasteiger partial charge in [-0.25, -0.2) is 0 Å². The van der Waals surface area contributed by atoms with Crippen LogP contribution in [0.1, 0.15) is 30.4 Å². The standard InChI is InChI=1S/C13H23N3O/c1-4-14-7-12-5-6-16(8-12)9-13-10(2)15-17-11(13)3/h12,14H,4-9H2,1-3H3. The highest BCUT2D eigenvalue weighted by Crippen LogP contribution is 2.21. The largest absolute Gasteiger partial charge is 0.361 e. The van der Waals surface area contributed by atoms with E-state index < -0.39 is 0 Å². The zero-order valence-electron chi connectivity index (χ0n) is 11.1. The van der Waals surface area contributed by atoms with Gasteiger partial charge in [-0.15, -0.1) is 0 Å². The van der Waals surface area contributed by atoms with Gasteiger partial charge in [0.15, 0.2) is 0 Å². The molecule has 1 aromatic rings. The third-order valence-corrected chi connectivity index (χ3v) is 3.62. The predicted octanol–water partition coefficient (Wildman–Crippen LogP) is 1.72. The Kier molecular flexibility index (Phi) is 4.18. The molecule has 0 radical (unpaired) electrons. The van der Waals surface area contributed by atoms with Gasteiger partial charge in [-0.05, 0) is 45.8 Å². The third-order valence-electron chi connectivity index (χ3n) is 3.62. The van der Waals surface area contributed by atoms with Gasteiger partial charge in [-0.3, -0.25) is 4.90 Å². The third kappa shape index (κ3) is 3.07. The summed E-state index contributed by atoms with van der Waals surface area (Å²) < 4.78 is 5.21. The second kappa shape index (κ2) is 5.65. The summed E-state index contributed by atoms with van der Waals surface area (Å²) in [5, 5.41) is 7.45. The van der Waals surface area contributed by atoms with Crippen LogP contribution >= 0.6 is 0 Å². The molecule has 17 heavy (non-hydrogen) atoms. The van der Waals surface area contributed by atoms with Gasteiger partial charge in [0.25, 0.3) is 0 Å². The van der Waals surface area contributed by atoms with Crippen molar-refractivity contribution in [2.45, 2.75) is 33.7 Å². The highest BCUT2D eigenvalue weighted by molar-refractivity contribution is 5.20. The van der Waals surface area contributed by atoms with Crippen LogP contribution in [0.4, 0.5) is 0 Å². The molecule has 0 saturated carbocycles. The van der Waals surface area contributed by atoms with Crippen LogP contribution in [-0.4, -0.2) is 36.2 Å². The topological polar surface area (TPSA) is 41.3 Å². The van der Waals surface area contributed by atoms with Crippen LogP contribution in [0, 0.1) is 19.8 Å². The van der Waals surface area contributed by atoms with Crippen molar-refractivity contribution in [1.29, 1.82) is 0 Å². The Bertz CT molecular complexity index is 342. The maximum absolute atomic E-state index is 5.21. The number of aromatic nitrogens is 1. The second-order valence-corrected chi connectivity index (χ2v) is 5.00. The zero-order valence-corrected chi connectivity index (χ0v) is 11.1. The minimum atomic E-state index is 0.801. The Labute approximate surface area is 103 Å². The van der Waals surface area contributed by atoms with Crippen molar-refractivity contribution in [2.24, 2.45) is 5.92 Å². The lowest BCUT2D eigenvalue weighted by Crippen LogP contribution is -2.26. The molecular weight excluding hydrogens is 214 g/mol. The number of nitrogens with one attached hydrogen (secondary N) is 1. The number of aryl methyl sites for hydroxylation is 2. The Morgan fingerprint density at radius 3 is 2.94 bits per heavy atom. The second-order valence-electron chi connectivity index (χ2n) is 5.00. The number of hydrogen-bond acceptors (Lipinski definition) is 4. The van der Waals surface area contributed by atoms with E-state index in [9.17, 15) is 0 Å². The van der Waals surface area contributed by atoms with Gasteiger partial charge < -0.3 is 9.84 Å². The average molecular weight is 237 g/mol. The highest BCUT2D eigenvalue weighted by atomic mass is 16.5. The summed E-state index contributed by atoms with van der Waals surface area (Å²) in [6.45, 7) is 11.8. The van der Waals surface area contributed by atoms with Gasteiger partial charge in [0.1, 0.15) is 5.76 Å². The molecule has 1 atom stereocenters. The fourth-order valence-corrected chi connectivity index (χ4v) is 2.52. The molecule has 0 aliphatic carbocycles. The molecule has 4 heteroatoms. The van der Waals surface area contributed by atoms with E-state index in [1.54, 1.807) is 0 Å². The summed E-state index contributed by atoms with van der Waals surface area (Å²) in [5.41, 5.74) is 2.31. The number of likely N-dealkylation sites (tertiary alicyclic amines) is 1. The lowest BCUT2D eigenvalue weighted by atomic mass is 10.1. The molecule has 1 aromatic heterocycles. The molecule has 0 amide bonds. The van der Waals surface area contributed by atoms with E-state index in [1.807, 2.05) is 13.8 Å². The van der Waals surface area contributed by atoms with Crippen LogP contribution < -0.4 is 5.32 Å². The van der Waals surface area contributed by atoms with E-state index in [2.05, 4.69) is 22.3 Å². The highest BCUT2D eigenvalue weighted by Gasteiger charge is 2.23. The van der Waals surface area contributed by atoms with Crippen molar-refractivity contribution in [2.75, 3.05) is 26.2 Å². The van der Waals surface area contributed by atoms with E-state index in [4.69, 9.17) is 4.52 Å². The summed E-state index contributed by atoms with van der Waals surface area (Å²) >= 11 is 0. The van der Waals surface area contributed by atoms with Gasteiger partial charge in [0.05, 0.1) is 5.69 Å². The van der Waals surface area contributed by atoms with E-state index in [0.29, 0.717) is 0 Å². The van der Waals surface area contributed by atoms with Crippen LogP contribution in [0.15, 0.2) is 4.52 Å². The molecule has 2 heterocycles. The molecule has 96 valence electrons. The molecular formula is C13H23N3O. The molecule has 0 aromatic carbocycles. The summed E-state index contributed by atoms with van der Waals surface area (Å²) in [6, 6.07) is 0. The summed E-state index contributed by atoms with van der Waals surface area (Å²) in [4.78, 5) is 2.51. The van der Waals surface area contributed by atoms with E-state index in [-0.39, 0.29) is 0 Å². The first-order chi connectivity index (χ1) is 8.20. The molecule has 0 spiro atoms. The number of hydrogen-bond donors (Lipinski definition) is 1. The molecule has 4 nitrogen and oxygen atoms in total. The van der Waals surface area contributed by atoms with Crippen LogP contribution in [-0.2, 0) is 6.54 Å². The van der Waals surface area contributed by atoms with Gasteiger partial charge in [0, 0.05) is 18.7 Å². The maximum Gasteiger partial charge on any atom is 0.138 e. The van der Waals surface area contributed by atoms with Gasteiger partial charge >= 0.3 is 0 Å². The molecule has 1 fully saturated rings. The lowest BCUT2D eigenvalue weighted by molar-refractivity contribution is 0.311. The summed E-state index contributed by atoms with van der Waals surface area (Å²) in [5.74, 6) is 1.77. The fourth-order valence-electron chi connectivity index (χ4n) is 2.52. The lowest BCUT2D eigenvalue weighted by Gasteiger charge is -2.15. The smallest absolute Gasteiger partial charge is 0.138 e. The van der Waals surface area contributed by atoms with Crippen molar-refractivity contribution in [1.82, 2.24) is 15.4 Å². The molecule has 1 N–H and O–H groups in total. The van der Waals surface area contributed by atoms with Gasteiger partial charge in [-0.2, -0.15) is 0 Å². The monoisotopic (exact) mass is 237 g/mol. The van der Waals surface area contributed by atoms with Crippen LogP contribution in [0.2, 0.25) is 0 Å². The molecule has 1 saturated heterocycles. The molecule has 0 bridgehead atoms. The van der Waals surface area contributed by atoms with Crippen molar-refractivity contribution in [3.8, 4) is 0 Å².